The molecule has 0 aliphatic heterocycles. The van der Waals surface area contributed by atoms with Crippen LogP contribution in [0.4, 0.5) is 0 Å². The van der Waals surface area contributed by atoms with E-state index in [1.807, 2.05) is 30.5 Å². The summed E-state index contributed by atoms with van der Waals surface area (Å²) in [7, 11) is 0. The first kappa shape index (κ1) is 32.0. The van der Waals surface area contributed by atoms with Crippen LogP contribution in [0.3, 0.4) is 0 Å². The summed E-state index contributed by atoms with van der Waals surface area (Å²) < 4.78 is 13.6. The molecule has 0 fully saturated rings. The van der Waals surface area contributed by atoms with Crippen molar-refractivity contribution in [2.45, 2.75) is 13.8 Å². The lowest BCUT2D eigenvalue weighted by molar-refractivity contribution is 0.483. The Hall–Kier alpha value is -7.44. The standard InChI is InChI=1S/C50H35N5O/c1-32-13-10-20-41-42-21-11-14-33(2)49(42)54(48(32)41)36-27-28-51-47(30-36)55-44-23-8-6-19-39(44)40-26-25-38(31-46(40)55)56-37-18-12-15-34(29-37)50-52-43-22-7-9-24-45(43)53(50)35-16-4-3-5-17-35/h3-31H,1-2H3. The third kappa shape index (κ3) is 4.96. The van der Waals surface area contributed by atoms with E-state index in [0.29, 0.717) is 0 Å². The summed E-state index contributed by atoms with van der Waals surface area (Å²) >= 11 is 0. The number of para-hydroxylation sites is 6. The van der Waals surface area contributed by atoms with E-state index in [1.54, 1.807) is 0 Å². The highest BCUT2D eigenvalue weighted by atomic mass is 16.5. The monoisotopic (exact) mass is 721 g/mol. The molecule has 0 spiro atoms. The Balaban J connectivity index is 1.04. The molecule has 11 rings (SSSR count). The molecule has 0 aliphatic carbocycles. The average molecular weight is 722 g/mol. The summed E-state index contributed by atoms with van der Waals surface area (Å²) in [6, 6.07) is 59.2. The molecule has 4 heterocycles. The molecule has 7 aromatic carbocycles. The highest BCUT2D eigenvalue weighted by Gasteiger charge is 2.19. The molecule has 0 atom stereocenters. The number of aromatic nitrogens is 5. The minimum absolute atomic E-state index is 0.730. The maximum absolute atomic E-state index is 6.69. The van der Waals surface area contributed by atoms with Gasteiger partial charge < -0.3 is 9.30 Å². The van der Waals surface area contributed by atoms with Gasteiger partial charge in [0.05, 0.1) is 38.8 Å². The van der Waals surface area contributed by atoms with Gasteiger partial charge in [-0.3, -0.25) is 9.13 Å². The molecule has 6 nitrogen and oxygen atoms in total. The molecule has 0 amide bonds. The fraction of sp³-hybridized carbons (Fsp3) is 0.0400. The largest absolute Gasteiger partial charge is 0.457 e. The van der Waals surface area contributed by atoms with Gasteiger partial charge in [0.25, 0.3) is 0 Å². The molecule has 266 valence electrons. The van der Waals surface area contributed by atoms with Crippen molar-refractivity contribution in [2.75, 3.05) is 0 Å². The molecule has 6 heteroatoms. The predicted molar refractivity (Wildman–Crippen MR) is 229 cm³/mol. The van der Waals surface area contributed by atoms with Crippen molar-refractivity contribution in [1.29, 1.82) is 0 Å². The lowest BCUT2D eigenvalue weighted by Gasteiger charge is -2.14. The number of pyridine rings is 1. The van der Waals surface area contributed by atoms with E-state index in [2.05, 4.69) is 173 Å². The van der Waals surface area contributed by atoms with Gasteiger partial charge in [0, 0.05) is 51.1 Å². The van der Waals surface area contributed by atoms with Crippen LogP contribution in [0.1, 0.15) is 11.1 Å². The Morgan fingerprint density at radius 1 is 0.446 bits per heavy atom. The van der Waals surface area contributed by atoms with Crippen LogP contribution >= 0.6 is 0 Å². The molecule has 0 bridgehead atoms. The van der Waals surface area contributed by atoms with E-state index in [1.165, 1.54) is 32.9 Å². The maximum Gasteiger partial charge on any atom is 0.145 e. The lowest BCUT2D eigenvalue weighted by Crippen LogP contribution is -2.02. The van der Waals surface area contributed by atoms with Crippen molar-refractivity contribution in [3.8, 4) is 40.1 Å². The Kier molecular flexibility index (Phi) is 7.19. The highest BCUT2D eigenvalue weighted by Crippen LogP contribution is 2.39. The maximum atomic E-state index is 6.69. The Bertz CT molecular complexity index is 3250. The number of benzene rings is 7. The molecule has 0 saturated carbocycles. The van der Waals surface area contributed by atoms with Crippen molar-refractivity contribution < 1.29 is 4.74 Å². The topological polar surface area (TPSA) is 49.8 Å². The zero-order chi connectivity index (χ0) is 37.3. The van der Waals surface area contributed by atoms with Crippen LogP contribution in [0.25, 0.3) is 83.2 Å². The molecular formula is C50H35N5O. The van der Waals surface area contributed by atoms with Crippen LogP contribution in [0, 0.1) is 13.8 Å². The number of imidazole rings is 1. The number of hydrogen-bond donors (Lipinski definition) is 0. The van der Waals surface area contributed by atoms with Crippen molar-refractivity contribution in [1.82, 2.24) is 23.7 Å². The van der Waals surface area contributed by atoms with E-state index in [-0.39, 0.29) is 0 Å². The first-order chi connectivity index (χ1) is 27.6. The van der Waals surface area contributed by atoms with Crippen LogP contribution in [0.5, 0.6) is 11.5 Å². The van der Waals surface area contributed by atoms with Crippen LogP contribution in [-0.2, 0) is 0 Å². The Labute approximate surface area is 323 Å². The number of ether oxygens (including phenoxy) is 1. The molecule has 4 aromatic heterocycles. The van der Waals surface area contributed by atoms with Gasteiger partial charge in [-0.05, 0) is 85.6 Å². The van der Waals surface area contributed by atoms with Crippen molar-refractivity contribution >= 4 is 54.6 Å². The van der Waals surface area contributed by atoms with Crippen LogP contribution in [0.15, 0.2) is 176 Å². The second-order valence-electron chi connectivity index (χ2n) is 14.4. The smallest absolute Gasteiger partial charge is 0.145 e. The first-order valence-corrected chi connectivity index (χ1v) is 18.9. The van der Waals surface area contributed by atoms with Gasteiger partial charge in [-0.1, -0.05) is 97.1 Å². The molecular weight excluding hydrogens is 687 g/mol. The summed E-state index contributed by atoms with van der Waals surface area (Å²) in [5.74, 6) is 3.16. The SMILES string of the molecule is Cc1cccc2c3cccc(C)c3n(-c3ccnc(-n4c5ccccc5c5ccc(Oc6cccc(-c7nc8ccccc8n7-c7ccccc7)c6)cc54)c3)c12. The van der Waals surface area contributed by atoms with Gasteiger partial charge >= 0.3 is 0 Å². The molecule has 0 N–H and O–H groups in total. The predicted octanol–water partition coefficient (Wildman–Crippen LogP) is 12.7. The average Bonchev–Trinajstić information content (AvgIpc) is 3.91. The zero-order valence-electron chi connectivity index (χ0n) is 30.9. The van der Waals surface area contributed by atoms with Gasteiger partial charge in [-0.15, -0.1) is 0 Å². The molecule has 56 heavy (non-hydrogen) atoms. The minimum atomic E-state index is 0.730. The minimum Gasteiger partial charge on any atom is -0.457 e. The third-order valence-electron chi connectivity index (χ3n) is 11.0. The number of aryl methyl sites for hydroxylation is 2. The van der Waals surface area contributed by atoms with E-state index in [4.69, 9.17) is 14.7 Å². The van der Waals surface area contributed by atoms with Gasteiger partial charge in [0.1, 0.15) is 23.1 Å². The fourth-order valence-corrected chi connectivity index (χ4v) is 8.54. The summed E-state index contributed by atoms with van der Waals surface area (Å²) in [6.07, 6.45) is 1.92. The molecule has 0 unspecified atom stereocenters. The van der Waals surface area contributed by atoms with Crippen molar-refractivity contribution in [2.24, 2.45) is 0 Å². The van der Waals surface area contributed by atoms with Crippen molar-refractivity contribution in [3.63, 3.8) is 0 Å². The summed E-state index contributed by atoms with van der Waals surface area (Å²) in [6.45, 7) is 4.39. The lowest BCUT2D eigenvalue weighted by atomic mass is 10.1. The fourth-order valence-electron chi connectivity index (χ4n) is 8.54. The number of hydrogen-bond acceptors (Lipinski definition) is 3. The second kappa shape index (κ2) is 12.6. The van der Waals surface area contributed by atoms with Gasteiger partial charge in [-0.2, -0.15) is 0 Å². The molecule has 0 aliphatic rings. The van der Waals surface area contributed by atoms with E-state index in [0.717, 1.165) is 72.9 Å². The number of nitrogens with zero attached hydrogens (tertiary/aromatic N) is 5. The first-order valence-electron chi connectivity index (χ1n) is 18.9. The number of fused-ring (bicyclic) bond motifs is 7. The number of rotatable bonds is 6. The van der Waals surface area contributed by atoms with E-state index < -0.39 is 0 Å². The highest BCUT2D eigenvalue weighted by molar-refractivity contribution is 6.12. The van der Waals surface area contributed by atoms with Crippen LogP contribution in [0.2, 0.25) is 0 Å². The summed E-state index contributed by atoms with van der Waals surface area (Å²) in [5.41, 5.74) is 12.1. The van der Waals surface area contributed by atoms with Crippen LogP contribution < -0.4 is 4.74 Å². The third-order valence-corrected chi connectivity index (χ3v) is 11.0. The van der Waals surface area contributed by atoms with E-state index >= 15 is 0 Å². The van der Waals surface area contributed by atoms with Gasteiger partial charge in [0.2, 0.25) is 0 Å². The van der Waals surface area contributed by atoms with Gasteiger partial charge in [0.15, 0.2) is 0 Å². The molecule has 11 aromatic rings. The molecule has 0 radical (unpaired) electrons. The van der Waals surface area contributed by atoms with Crippen molar-refractivity contribution in [3.05, 3.63) is 187 Å². The normalized spacial score (nSPS) is 11.8. The summed E-state index contributed by atoms with van der Waals surface area (Å²) in [5, 5.41) is 4.80. The summed E-state index contributed by atoms with van der Waals surface area (Å²) in [4.78, 5) is 10.1. The van der Waals surface area contributed by atoms with E-state index in [9.17, 15) is 0 Å². The Morgan fingerprint density at radius 2 is 1.11 bits per heavy atom. The van der Waals surface area contributed by atoms with Gasteiger partial charge in [-0.25, -0.2) is 9.97 Å². The second-order valence-corrected chi connectivity index (χ2v) is 14.4. The zero-order valence-corrected chi connectivity index (χ0v) is 30.9. The Morgan fingerprint density at radius 3 is 1.91 bits per heavy atom. The van der Waals surface area contributed by atoms with Crippen LogP contribution in [-0.4, -0.2) is 23.7 Å². The quantitative estimate of drug-likeness (QED) is 0.172. The molecule has 0 saturated heterocycles.